The zero-order chi connectivity index (χ0) is 15.2. The molecule has 1 saturated heterocycles. The van der Waals surface area contributed by atoms with Crippen molar-refractivity contribution in [2.45, 2.75) is 44.5 Å². The number of methoxy groups -OCH3 is 1. The van der Waals surface area contributed by atoms with Crippen molar-refractivity contribution in [1.29, 1.82) is 0 Å². The number of carbonyl (C=O) groups is 1. The third-order valence-electron chi connectivity index (χ3n) is 3.08. The first-order valence-electron chi connectivity index (χ1n) is 7.46. The minimum absolute atomic E-state index is 0.0493. The number of hydrogen-bond donors (Lipinski definition) is 0. The third kappa shape index (κ3) is 9.52. The van der Waals surface area contributed by atoms with E-state index in [9.17, 15) is 4.79 Å². The van der Waals surface area contributed by atoms with Gasteiger partial charge in [-0.3, -0.25) is 0 Å². The van der Waals surface area contributed by atoms with Crippen molar-refractivity contribution in [2.24, 2.45) is 0 Å². The van der Waals surface area contributed by atoms with Gasteiger partial charge in [0.1, 0.15) is 13.1 Å². The van der Waals surface area contributed by atoms with Crippen molar-refractivity contribution in [3.63, 3.8) is 0 Å². The lowest BCUT2D eigenvalue weighted by atomic mass is 10.2. The zero-order valence-electron chi connectivity index (χ0n) is 12.7. The first kappa shape index (κ1) is 18.0. The molecule has 21 heavy (non-hydrogen) atoms. The van der Waals surface area contributed by atoms with E-state index in [1.54, 1.807) is 7.11 Å². The molecule has 0 N–H and O–H groups in total. The predicted octanol–water partition coefficient (Wildman–Crippen LogP) is 2.61. The Kier molecular flexibility index (Phi) is 10.9. The van der Waals surface area contributed by atoms with Crippen molar-refractivity contribution in [1.82, 2.24) is 0 Å². The fraction of sp³-hybridized carbons (Fsp3) is 0.688. The number of ether oxygens (including phenoxy) is 4. The fourth-order valence-electron chi connectivity index (χ4n) is 1.95. The van der Waals surface area contributed by atoms with Crippen LogP contribution in [0.5, 0.6) is 0 Å². The molecule has 0 saturated carbocycles. The van der Waals surface area contributed by atoms with E-state index in [1.165, 1.54) is 6.42 Å². The standard InChI is InChI=1S/C16H26O5/c1-18-14-21-15(10-11-17)8-4-2-3-6-12-19-16-9-5-7-13-20-16/h2-4,6,11,15-16H,5,7-10,12-14H2,1H3/b4-2-,6-3+/t15-,16?/m0/s1. The van der Waals surface area contributed by atoms with Gasteiger partial charge in [0.15, 0.2) is 6.29 Å². The highest BCUT2D eigenvalue weighted by Crippen LogP contribution is 2.13. The van der Waals surface area contributed by atoms with E-state index in [0.717, 1.165) is 25.7 Å². The minimum atomic E-state index is -0.126. The Morgan fingerprint density at radius 1 is 1.24 bits per heavy atom. The highest BCUT2D eigenvalue weighted by Gasteiger charge is 2.12. The summed E-state index contributed by atoms with van der Waals surface area (Å²) in [7, 11) is 1.56. The zero-order valence-corrected chi connectivity index (χ0v) is 12.7. The maximum Gasteiger partial charge on any atom is 0.157 e. The molecule has 1 rings (SSSR count). The highest BCUT2D eigenvalue weighted by atomic mass is 16.7. The number of rotatable bonds is 11. The summed E-state index contributed by atoms with van der Waals surface area (Å²) in [5.41, 5.74) is 0. The first-order valence-corrected chi connectivity index (χ1v) is 7.46. The summed E-state index contributed by atoms with van der Waals surface area (Å²) >= 11 is 0. The summed E-state index contributed by atoms with van der Waals surface area (Å²) in [6, 6.07) is 0. The van der Waals surface area contributed by atoms with Crippen LogP contribution in [-0.4, -0.2) is 45.8 Å². The van der Waals surface area contributed by atoms with Gasteiger partial charge >= 0.3 is 0 Å². The number of aldehydes is 1. The Morgan fingerprint density at radius 2 is 2.10 bits per heavy atom. The molecule has 0 bridgehead atoms. The SMILES string of the molecule is COCO[C@H](CC=O)C/C=C\C=C\COC1CCCCO1. The Balaban J connectivity index is 2.10. The molecule has 5 nitrogen and oxygen atoms in total. The first-order chi connectivity index (χ1) is 10.4. The molecule has 1 fully saturated rings. The topological polar surface area (TPSA) is 54.0 Å². The Bertz CT molecular complexity index is 308. The van der Waals surface area contributed by atoms with Gasteiger partial charge in [0.05, 0.1) is 12.7 Å². The quantitative estimate of drug-likeness (QED) is 0.333. The van der Waals surface area contributed by atoms with Crippen molar-refractivity contribution in [3.8, 4) is 0 Å². The molecule has 1 aliphatic heterocycles. The van der Waals surface area contributed by atoms with Crippen LogP contribution in [0.25, 0.3) is 0 Å². The molecule has 0 aromatic carbocycles. The van der Waals surface area contributed by atoms with Crippen LogP contribution in [0.3, 0.4) is 0 Å². The molecule has 0 aromatic heterocycles. The van der Waals surface area contributed by atoms with Gasteiger partial charge in [-0.2, -0.15) is 0 Å². The minimum Gasteiger partial charge on any atom is -0.359 e. The Labute approximate surface area is 126 Å². The second-order valence-corrected chi connectivity index (χ2v) is 4.82. The van der Waals surface area contributed by atoms with E-state index in [1.807, 2.05) is 24.3 Å². The van der Waals surface area contributed by atoms with Gasteiger partial charge in [-0.15, -0.1) is 0 Å². The lowest BCUT2D eigenvalue weighted by Crippen LogP contribution is -2.22. The van der Waals surface area contributed by atoms with Crippen LogP contribution in [0.15, 0.2) is 24.3 Å². The van der Waals surface area contributed by atoms with Crippen molar-refractivity contribution in [3.05, 3.63) is 24.3 Å². The average molecular weight is 298 g/mol. The van der Waals surface area contributed by atoms with E-state index >= 15 is 0 Å². The molecule has 120 valence electrons. The Hall–Kier alpha value is -1.01. The number of carbonyl (C=O) groups excluding carboxylic acids is 1. The molecule has 1 aliphatic rings. The van der Waals surface area contributed by atoms with Crippen LogP contribution in [-0.2, 0) is 23.7 Å². The van der Waals surface area contributed by atoms with Crippen molar-refractivity contribution < 1.29 is 23.7 Å². The van der Waals surface area contributed by atoms with Crippen LogP contribution >= 0.6 is 0 Å². The van der Waals surface area contributed by atoms with E-state index < -0.39 is 0 Å². The molecule has 5 heteroatoms. The summed E-state index contributed by atoms with van der Waals surface area (Å²) in [6.45, 7) is 1.55. The van der Waals surface area contributed by atoms with Crippen LogP contribution in [0.1, 0.15) is 32.1 Å². The summed E-state index contributed by atoms with van der Waals surface area (Å²) in [5, 5.41) is 0. The van der Waals surface area contributed by atoms with Crippen LogP contribution in [0.2, 0.25) is 0 Å². The maximum absolute atomic E-state index is 10.5. The van der Waals surface area contributed by atoms with Gasteiger partial charge in [-0.05, 0) is 25.7 Å². The fourth-order valence-corrected chi connectivity index (χ4v) is 1.95. The molecule has 1 heterocycles. The molecule has 2 atom stereocenters. The molecule has 0 aliphatic carbocycles. The molecule has 0 aromatic rings. The molecule has 0 amide bonds. The lowest BCUT2D eigenvalue weighted by molar-refractivity contribution is -0.155. The van der Waals surface area contributed by atoms with Gasteiger partial charge in [0.2, 0.25) is 0 Å². The second-order valence-electron chi connectivity index (χ2n) is 4.82. The smallest absolute Gasteiger partial charge is 0.157 e. The maximum atomic E-state index is 10.5. The predicted molar refractivity (Wildman–Crippen MR) is 79.9 cm³/mol. The van der Waals surface area contributed by atoms with Crippen molar-refractivity contribution >= 4 is 6.29 Å². The van der Waals surface area contributed by atoms with Crippen molar-refractivity contribution in [2.75, 3.05) is 27.1 Å². The van der Waals surface area contributed by atoms with Crippen LogP contribution < -0.4 is 0 Å². The molecule has 1 unspecified atom stereocenters. The van der Waals surface area contributed by atoms with E-state index in [-0.39, 0.29) is 19.2 Å². The summed E-state index contributed by atoms with van der Waals surface area (Å²) in [6.07, 6.45) is 12.8. The Morgan fingerprint density at radius 3 is 2.81 bits per heavy atom. The summed E-state index contributed by atoms with van der Waals surface area (Å²) in [5.74, 6) is 0. The van der Waals surface area contributed by atoms with Gasteiger partial charge in [-0.1, -0.05) is 24.3 Å². The highest BCUT2D eigenvalue weighted by molar-refractivity contribution is 5.50. The molecular weight excluding hydrogens is 272 g/mol. The normalized spacial score (nSPS) is 21.1. The van der Waals surface area contributed by atoms with E-state index in [4.69, 9.17) is 18.9 Å². The van der Waals surface area contributed by atoms with Crippen LogP contribution in [0, 0.1) is 0 Å². The summed E-state index contributed by atoms with van der Waals surface area (Å²) < 4.78 is 21.2. The molecular formula is C16H26O5. The van der Waals surface area contributed by atoms with E-state index in [0.29, 0.717) is 19.4 Å². The molecule has 0 radical (unpaired) electrons. The monoisotopic (exact) mass is 298 g/mol. The average Bonchev–Trinajstić information content (AvgIpc) is 2.52. The summed E-state index contributed by atoms with van der Waals surface area (Å²) in [4.78, 5) is 10.5. The van der Waals surface area contributed by atoms with Crippen LogP contribution in [0.4, 0.5) is 0 Å². The van der Waals surface area contributed by atoms with Gasteiger partial charge in [0, 0.05) is 20.1 Å². The molecule has 0 spiro atoms. The number of hydrogen-bond acceptors (Lipinski definition) is 5. The van der Waals surface area contributed by atoms with Gasteiger partial charge < -0.3 is 23.7 Å². The second kappa shape index (κ2) is 12.7. The van der Waals surface area contributed by atoms with Gasteiger partial charge in [0.25, 0.3) is 0 Å². The lowest BCUT2D eigenvalue weighted by Gasteiger charge is -2.21. The number of allylic oxidation sites excluding steroid dienone is 2. The third-order valence-corrected chi connectivity index (χ3v) is 3.08. The largest absolute Gasteiger partial charge is 0.359 e. The van der Waals surface area contributed by atoms with Gasteiger partial charge in [-0.25, -0.2) is 0 Å². The van der Waals surface area contributed by atoms with E-state index in [2.05, 4.69) is 0 Å².